The fraction of sp³-hybridized carbons (Fsp3) is 0.350. The van der Waals surface area contributed by atoms with Crippen LogP contribution in [0, 0.1) is 6.92 Å². The molecule has 0 aliphatic carbocycles. The van der Waals surface area contributed by atoms with E-state index in [0.29, 0.717) is 0 Å². The van der Waals surface area contributed by atoms with E-state index < -0.39 is 0 Å². The van der Waals surface area contributed by atoms with Gasteiger partial charge in [0, 0.05) is 11.7 Å². The minimum absolute atomic E-state index is 0.0629. The van der Waals surface area contributed by atoms with E-state index in [1.165, 1.54) is 0 Å². The summed E-state index contributed by atoms with van der Waals surface area (Å²) in [5, 5.41) is 15.3. The molecule has 2 rings (SSSR count). The Hall–Kier alpha value is -2.49. The molecule has 128 valence electrons. The number of aryl methyl sites for hydroxylation is 3. The van der Waals surface area contributed by atoms with E-state index in [1.54, 1.807) is 12.1 Å². The lowest BCUT2D eigenvalue weighted by Crippen LogP contribution is -2.36. The molecule has 0 spiro atoms. The number of nitrogens with one attached hydrogen (secondary N) is 2. The van der Waals surface area contributed by atoms with Gasteiger partial charge in [-0.25, -0.2) is 4.79 Å². The molecule has 4 heteroatoms. The number of aromatic hydroxyl groups is 1. The molecule has 2 amide bonds. The standard InChI is InChI=1S/C20H26N2O2/c1-4-17-7-5-6-14(2)19(17)22-20(24)21-15(3)8-9-16-10-12-18(23)13-11-16/h5-7,10-13,15,23H,4,8-9H2,1-3H3,(H2,21,22,24). The van der Waals surface area contributed by atoms with Crippen LogP contribution in [0.1, 0.15) is 37.0 Å². The van der Waals surface area contributed by atoms with Gasteiger partial charge >= 0.3 is 6.03 Å². The Morgan fingerprint density at radius 3 is 2.54 bits per heavy atom. The molecular weight excluding hydrogens is 300 g/mol. The minimum atomic E-state index is -0.169. The summed E-state index contributed by atoms with van der Waals surface area (Å²) >= 11 is 0. The summed E-state index contributed by atoms with van der Waals surface area (Å²) in [5.74, 6) is 0.272. The average Bonchev–Trinajstić information content (AvgIpc) is 2.56. The molecule has 0 heterocycles. The molecule has 0 aliphatic heterocycles. The number of carbonyl (C=O) groups excluding carboxylic acids is 1. The van der Waals surface area contributed by atoms with Crippen LogP contribution in [0.15, 0.2) is 42.5 Å². The maximum atomic E-state index is 12.2. The van der Waals surface area contributed by atoms with Crippen LogP contribution in [0.25, 0.3) is 0 Å². The van der Waals surface area contributed by atoms with Crippen molar-refractivity contribution in [1.82, 2.24) is 5.32 Å². The van der Waals surface area contributed by atoms with Crippen molar-refractivity contribution in [3.63, 3.8) is 0 Å². The van der Waals surface area contributed by atoms with E-state index in [9.17, 15) is 9.90 Å². The predicted molar refractivity (Wildman–Crippen MR) is 98.6 cm³/mol. The zero-order valence-corrected chi connectivity index (χ0v) is 14.6. The minimum Gasteiger partial charge on any atom is -0.508 e. The summed E-state index contributed by atoms with van der Waals surface area (Å²) in [7, 11) is 0. The van der Waals surface area contributed by atoms with Crippen LogP contribution >= 0.6 is 0 Å². The van der Waals surface area contributed by atoms with Crippen LogP contribution < -0.4 is 10.6 Å². The Morgan fingerprint density at radius 1 is 1.17 bits per heavy atom. The van der Waals surface area contributed by atoms with E-state index in [4.69, 9.17) is 0 Å². The van der Waals surface area contributed by atoms with Crippen LogP contribution in [-0.4, -0.2) is 17.2 Å². The summed E-state index contributed by atoms with van der Waals surface area (Å²) in [6.45, 7) is 6.08. The fourth-order valence-electron chi connectivity index (χ4n) is 2.69. The maximum Gasteiger partial charge on any atom is 0.319 e. The Bertz CT molecular complexity index is 681. The Labute approximate surface area is 143 Å². The summed E-state index contributed by atoms with van der Waals surface area (Å²) in [6.07, 6.45) is 2.58. The second-order valence-corrected chi connectivity index (χ2v) is 6.17. The first-order valence-electron chi connectivity index (χ1n) is 8.43. The van der Waals surface area contributed by atoms with Crippen LogP contribution in [0.4, 0.5) is 10.5 Å². The smallest absolute Gasteiger partial charge is 0.319 e. The van der Waals surface area contributed by atoms with E-state index >= 15 is 0 Å². The van der Waals surface area contributed by atoms with Gasteiger partial charge in [0.2, 0.25) is 0 Å². The van der Waals surface area contributed by atoms with Gasteiger partial charge in [-0.3, -0.25) is 0 Å². The summed E-state index contributed by atoms with van der Waals surface area (Å²) in [4.78, 5) is 12.2. The van der Waals surface area contributed by atoms with Gasteiger partial charge in [0.15, 0.2) is 0 Å². The number of para-hydroxylation sites is 1. The topological polar surface area (TPSA) is 61.4 Å². The van der Waals surface area contributed by atoms with Crippen molar-refractivity contribution in [1.29, 1.82) is 0 Å². The Morgan fingerprint density at radius 2 is 1.88 bits per heavy atom. The molecule has 0 radical (unpaired) electrons. The zero-order valence-electron chi connectivity index (χ0n) is 14.6. The van der Waals surface area contributed by atoms with Gasteiger partial charge in [-0.2, -0.15) is 0 Å². The number of rotatable bonds is 6. The average molecular weight is 326 g/mol. The summed E-state index contributed by atoms with van der Waals surface area (Å²) in [6, 6.07) is 13.1. The number of carbonyl (C=O) groups is 1. The Balaban J connectivity index is 1.87. The highest BCUT2D eigenvalue weighted by molar-refractivity contribution is 5.91. The summed E-state index contributed by atoms with van der Waals surface area (Å²) in [5.41, 5.74) is 4.26. The highest BCUT2D eigenvalue weighted by Crippen LogP contribution is 2.21. The normalized spacial score (nSPS) is 11.8. The monoisotopic (exact) mass is 326 g/mol. The third-order valence-electron chi connectivity index (χ3n) is 4.16. The lowest BCUT2D eigenvalue weighted by molar-refractivity contribution is 0.248. The van der Waals surface area contributed by atoms with Gasteiger partial charge in [-0.1, -0.05) is 37.3 Å². The van der Waals surface area contributed by atoms with E-state index in [0.717, 1.165) is 41.6 Å². The molecule has 24 heavy (non-hydrogen) atoms. The lowest BCUT2D eigenvalue weighted by Gasteiger charge is -2.17. The van der Waals surface area contributed by atoms with Crippen LogP contribution in [0.5, 0.6) is 5.75 Å². The lowest BCUT2D eigenvalue weighted by atomic mass is 10.1. The number of anilines is 1. The largest absolute Gasteiger partial charge is 0.508 e. The molecule has 0 saturated carbocycles. The van der Waals surface area contributed by atoms with Gasteiger partial charge in [-0.05, 0) is 61.9 Å². The molecule has 2 aromatic carbocycles. The zero-order chi connectivity index (χ0) is 17.5. The van der Waals surface area contributed by atoms with Crippen molar-refractivity contribution < 1.29 is 9.90 Å². The highest BCUT2D eigenvalue weighted by Gasteiger charge is 2.11. The summed E-state index contributed by atoms with van der Waals surface area (Å²) < 4.78 is 0. The molecule has 2 aromatic rings. The number of phenols is 1. The van der Waals surface area contributed by atoms with Crippen molar-refractivity contribution >= 4 is 11.7 Å². The Kier molecular flexibility index (Phi) is 6.24. The molecule has 0 aromatic heterocycles. The molecule has 3 N–H and O–H groups in total. The first-order valence-corrected chi connectivity index (χ1v) is 8.43. The highest BCUT2D eigenvalue weighted by atomic mass is 16.3. The van der Waals surface area contributed by atoms with Crippen LogP contribution in [0.2, 0.25) is 0 Å². The third-order valence-corrected chi connectivity index (χ3v) is 4.16. The third kappa shape index (κ3) is 5.01. The van der Waals surface area contributed by atoms with Crippen molar-refractivity contribution in [3.8, 4) is 5.75 Å². The second-order valence-electron chi connectivity index (χ2n) is 6.17. The van der Waals surface area contributed by atoms with E-state index in [-0.39, 0.29) is 17.8 Å². The number of benzene rings is 2. The van der Waals surface area contributed by atoms with E-state index in [1.807, 2.05) is 44.2 Å². The number of amides is 2. The molecule has 0 saturated heterocycles. The van der Waals surface area contributed by atoms with Crippen molar-refractivity contribution in [3.05, 3.63) is 59.2 Å². The molecule has 0 aliphatic rings. The van der Waals surface area contributed by atoms with Gasteiger partial charge in [0.25, 0.3) is 0 Å². The first kappa shape index (κ1) is 17.9. The molecular formula is C20H26N2O2. The molecule has 0 bridgehead atoms. The molecule has 1 atom stereocenters. The van der Waals surface area contributed by atoms with Crippen molar-refractivity contribution in [2.75, 3.05) is 5.32 Å². The molecule has 4 nitrogen and oxygen atoms in total. The van der Waals surface area contributed by atoms with Crippen molar-refractivity contribution in [2.24, 2.45) is 0 Å². The number of hydrogen-bond donors (Lipinski definition) is 3. The van der Waals surface area contributed by atoms with Crippen LogP contribution in [-0.2, 0) is 12.8 Å². The van der Waals surface area contributed by atoms with Crippen molar-refractivity contribution in [2.45, 2.75) is 46.1 Å². The van der Waals surface area contributed by atoms with Gasteiger partial charge in [0.1, 0.15) is 5.75 Å². The quantitative estimate of drug-likeness (QED) is 0.736. The van der Waals surface area contributed by atoms with Crippen LogP contribution in [0.3, 0.4) is 0 Å². The number of phenolic OH excluding ortho intramolecular Hbond substituents is 1. The first-order chi connectivity index (χ1) is 11.5. The number of hydrogen-bond acceptors (Lipinski definition) is 2. The molecule has 0 fully saturated rings. The maximum absolute atomic E-state index is 12.2. The number of urea groups is 1. The van der Waals surface area contributed by atoms with Gasteiger partial charge in [-0.15, -0.1) is 0 Å². The fourth-order valence-corrected chi connectivity index (χ4v) is 2.69. The predicted octanol–water partition coefficient (Wildman–Crippen LogP) is 4.41. The van der Waals surface area contributed by atoms with E-state index in [2.05, 4.69) is 17.6 Å². The SMILES string of the molecule is CCc1cccc(C)c1NC(=O)NC(C)CCc1ccc(O)cc1. The van der Waals surface area contributed by atoms with Gasteiger partial charge in [0.05, 0.1) is 0 Å². The second kappa shape index (κ2) is 8.39. The molecule has 1 unspecified atom stereocenters. The van der Waals surface area contributed by atoms with Gasteiger partial charge < -0.3 is 15.7 Å².